The van der Waals surface area contributed by atoms with Gasteiger partial charge in [0.2, 0.25) is 10.0 Å². The zero-order valence-electron chi connectivity index (χ0n) is 15.8. The standard InChI is InChI=1S/C22H22N2O3S/c1-17-12-14-19(15-13-17)23-22(25)20-10-6-7-11-21(20)24(28(2,26)27)16-18-8-4-3-5-9-18/h3-15H,16H2,1-2H3,(H,23,25). The van der Waals surface area contributed by atoms with Crippen molar-refractivity contribution < 1.29 is 13.2 Å². The Bertz CT molecular complexity index is 1060. The van der Waals surface area contributed by atoms with Crippen LogP contribution in [0.5, 0.6) is 0 Å². The molecule has 0 aromatic heterocycles. The second kappa shape index (κ2) is 8.27. The average Bonchev–Trinajstić information content (AvgIpc) is 2.68. The number of para-hydroxylation sites is 1. The maximum Gasteiger partial charge on any atom is 0.257 e. The Morgan fingerprint density at radius 1 is 0.893 bits per heavy atom. The number of aryl methyl sites for hydroxylation is 1. The molecule has 0 heterocycles. The maximum atomic E-state index is 12.9. The van der Waals surface area contributed by atoms with Crippen LogP contribution in [0.15, 0.2) is 78.9 Å². The predicted molar refractivity (Wildman–Crippen MR) is 113 cm³/mol. The lowest BCUT2D eigenvalue weighted by molar-refractivity contribution is 0.102. The van der Waals surface area contributed by atoms with Crippen molar-refractivity contribution in [2.45, 2.75) is 13.5 Å². The van der Waals surface area contributed by atoms with E-state index in [1.54, 1.807) is 24.3 Å². The van der Waals surface area contributed by atoms with Crippen LogP contribution in [0.25, 0.3) is 0 Å². The van der Waals surface area contributed by atoms with E-state index >= 15 is 0 Å². The quantitative estimate of drug-likeness (QED) is 0.681. The molecule has 3 aromatic rings. The Morgan fingerprint density at radius 2 is 1.50 bits per heavy atom. The zero-order valence-corrected chi connectivity index (χ0v) is 16.6. The molecule has 1 N–H and O–H groups in total. The molecule has 0 bridgehead atoms. The van der Waals surface area contributed by atoms with E-state index in [1.165, 1.54) is 4.31 Å². The van der Waals surface area contributed by atoms with Gasteiger partial charge in [0.25, 0.3) is 5.91 Å². The van der Waals surface area contributed by atoms with Crippen LogP contribution in [-0.4, -0.2) is 20.6 Å². The average molecular weight is 394 g/mol. The highest BCUT2D eigenvalue weighted by molar-refractivity contribution is 7.92. The lowest BCUT2D eigenvalue weighted by Gasteiger charge is -2.24. The Balaban J connectivity index is 1.96. The number of carbonyl (C=O) groups excluding carboxylic acids is 1. The first-order valence-corrected chi connectivity index (χ1v) is 10.7. The van der Waals surface area contributed by atoms with Crippen LogP contribution in [0.2, 0.25) is 0 Å². The Morgan fingerprint density at radius 3 is 2.14 bits per heavy atom. The Hall–Kier alpha value is -3.12. The SMILES string of the molecule is Cc1ccc(NC(=O)c2ccccc2N(Cc2ccccc2)S(C)(=O)=O)cc1. The van der Waals surface area contributed by atoms with Crippen LogP contribution in [-0.2, 0) is 16.6 Å². The third kappa shape index (κ3) is 4.78. The predicted octanol–water partition coefficient (Wildman–Crippen LogP) is 4.21. The molecule has 0 aliphatic carbocycles. The van der Waals surface area contributed by atoms with Gasteiger partial charge in [-0.15, -0.1) is 0 Å². The highest BCUT2D eigenvalue weighted by Gasteiger charge is 2.23. The van der Waals surface area contributed by atoms with Crippen molar-refractivity contribution in [2.75, 3.05) is 15.9 Å². The topological polar surface area (TPSA) is 66.5 Å². The third-order valence-electron chi connectivity index (χ3n) is 4.30. The van der Waals surface area contributed by atoms with Gasteiger partial charge in [0.15, 0.2) is 0 Å². The number of hydrogen-bond acceptors (Lipinski definition) is 3. The lowest BCUT2D eigenvalue weighted by atomic mass is 10.1. The van der Waals surface area contributed by atoms with E-state index in [1.807, 2.05) is 61.5 Å². The van der Waals surface area contributed by atoms with Gasteiger partial charge in [0, 0.05) is 5.69 Å². The fourth-order valence-corrected chi connectivity index (χ4v) is 3.75. The van der Waals surface area contributed by atoms with Gasteiger partial charge in [-0.2, -0.15) is 0 Å². The molecule has 3 rings (SSSR count). The number of rotatable bonds is 6. The molecule has 144 valence electrons. The highest BCUT2D eigenvalue weighted by atomic mass is 32.2. The first kappa shape index (κ1) is 19.6. The van der Waals surface area contributed by atoms with E-state index < -0.39 is 10.0 Å². The van der Waals surface area contributed by atoms with Gasteiger partial charge in [-0.1, -0.05) is 60.2 Å². The number of hydrogen-bond donors (Lipinski definition) is 1. The number of nitrogens with one attached hydrogen (secondary N) is 1. The summed E-state index contributed by atoms with van der Waals surface area (Å²) in [5, 5.41) is 2.84. The Labute approximate surface area is 165 Å². The van der Waals surface area contributed by atoms with E-state index in [4.69, 9.17) is 0 Å². The molecular formula is C22H22N2O3S. The van der Waals surface area contributed by atoms with Crippen LogP contribution in [0.1, 0.15) is 21.5 Å². The minimum absolute atomic E-state index is 0.147. The van der Waals surface area contributed by atoms with Crippen molar-refractivity contribution >= 4 is 27.3 Å². The number of carbonyl (C=O) groups is 1. The van der Waals surface area contributed by atoms with E-state index in [0.29, 0.717) is 16.9 Å². The summed E-state index contributed by atoms with van der Waals surface area (Å²) in [6.45, 7) is 2.11. The van der Waals surface area contributed by atoms with Crippen molar-refractivity contribution in [3.63, 3.8) is 0 Å². The molecule has 0 aliphatic heterocycles. The molecule has 0 radical (unpaired) electrons. The van der Waals surface area contributed by atoms with Crippen molar-refractivity contribution in [2.24, 2.45) is 0 Å². The zero-order chi connectivity index (χ0) is 20.1. The van der Waals surface area contributed by atoms with E-state index in [-0.39, 0.29) is 12.5 Å². The van der Waals surface area contributed by atoms with E-state index in [2.05, 4.69) is 5.32 Å². The molecule has 0 fully saturated rings. The molecule has 0 saturated heterocycles. The molecule has 0 saturated carbocycles. The van der Waals surface area contributed by atoms with Crippen LogP contribution >= 0.6 is 0 Å². The Kier molecular flexibility index (Phi) is 5.80. The minimum Gasteiger partial charge on any atom is -0.322 e. The van der Waals surface area contributed by atoms with Crippen molar-refractivity contribution in [1.82, 2.24) is 0 Å². The summed E-state index contributed by atoms with van der Waals surface area (Å²) in [6, 6.07) is 23.4. The molecule has 28 heavy (non-hydrogen) atoms. The molecule has 6 heteroatoms. The molecule has 1 amide bonds. The summed E-state index contributed by atoms with van der Waals surface area (Å²) >= 11 is 0. The number of benzene rings is 3. The lowest BCUT2D eigenvalue weighted by Crippen LogP contribution is -2.31. The molecule has 0 spiro atoms. The number of nitrogens with zero attached hydrogens (tertiary/aromatic N) is 1. The molecule has 5 nitrogen and oxygen atoms in total. The monoisotopic (exact) mass is 394 g/mol. The first-order valence-electron chi connectivity index (χ1n) is 8.83. The van der Waals surface area contributed by atoms with E-state index in [9.17, 15) is 13.2 Å². The molecular weight excluding hydrogens is 372 g/mol. The largest absolute Gasteiger partial charge is 0.322 e. The number of sulfonamides is 1. The molecule has 3 aromatic carbocycles. The third-order valence-corrected chi connectivity index (χ3v) is 5.42. The van der Waals surface area contributed by atoms with Gasteiger partial charge in [-0.05, 0) is 36.8 Å². The normalized spacial score (nSPS) is 11.1. The van der Waals surface area contributed by atoms with Crippen LogP contribution in [0.3, 0.4) is 0 Å². The molecule has 0 unspecified atom stereocenters. The van der Waals surface area contributed by atoms with Crippen LogP contribution in [0.4, 0.5) is 11.4 Å². The second-order valence-corrected chi connectivity index (χ2v) is 8.50. The van der Waals surface area contributed by atoms with Gasteiger partial charge in [-0.3, -0.25) is 9.10 Å². The minimum atomic E-state index is -3.60. The van der Waals surface area contributed by atoms with Crippen molar-refractivity contribution in [1.29, 1.82) is 0 Å². The van der Waals surface area contributed by atoms with Gasteiger partial charge < -0.3 is 5.32 Å². The van der Waals surface area contributed by atoms with Crippen molar-refractivity contribution in [3.05, 3.63) is 95.6 Å². The number of amides is 1. The highest BCUT2D eigenvalue weighted by Crippen LogP contribution is 2.26. The fourth-order valence-electron chi connectivity index (χ4n) is 2.85. The molecule has 0 atom stereocenters. The first-order chi connectivity index (χ1) is 13.3. The maximum absolute atomic E-state index is 12.9. The summed E-state index contributed by atoms with van der Waals surface area (Å²) in [4.78, 5) is 12.9. The van der Waals surface area contributed by atoms with Gasteiger partial charge >= 0.3 is 0 Å². The molecule has 0 aliphatic rings. The van der Waals surface area contributed by atoms with Crippen LogP contribution < -0.4 is 9.62 Å². The summed E-state index contributed by atoms with van der Waals surface area (Å²) in [5.41, 5.74) is 3.22. The number of anilines is 2. The summed E-state index contributed by atoms with van der Waals surface area (Å²) in [7, 11) is -3.60. The fraction of sp³-hybridized carbons (Fsp3) is 0.136. The summed E-state index contributed by atoms with van der Waals surface area (Å²) in [5.74, 6) is -0.360. The van der Waals surface area contributed by atoms with Gasteiger partial charge in [-0.25, -0.2) is 8.42 Å². The van der Waals surface area contributed by atoms with E-state index in [0.717, 1.165) is 17.4 Å². The van der Waals surface area contributed by atoms with Gasteiger partial charge in [0.05, 0.1) is 24.1 Å². The van der Waals surface area contributed by atoms with Gasteiger partial charge in [0.1, 0.15) is 0 Å². The van der Waals surface area contributed by atoms with Crippen molar-refractivity contribution in [3.8, 4) is 0 Å². The van der Waals surface area contributed by atoms with Crippen LogP contribution in [0, 0.1) is 6.92 Å². The summed E-state index contributed by atoms with van der Waals surface area (Å²) < 4.78 is 26.3. The second-order valence-electron chi connectivity index (χ2n) is 6.59. The smallest absolute Gasteiger partial charge is 0.257 e. The summed E-state index contributed by atoms with van der Waals surface area (Å²) in [6.07, 6.45) is 1.14.